The molecule has 0 aliphatic rings. The Kier molecular flexibility index (Phi) is 4.95. The molecule has 0 aliphatic carbocycles. The number of nitrogens with zero attached hydrogens (tertiary/aromatic N) is 1. The molecule has 126 valence electrons. The average Bonchev–Trinajstić information content (AvgIpc) is 2.61. The molecular weight excluding hydrogens is 341 g/mol. The molecule has 1 heterocycles. The van der Waals surface area contributed by atoms with Gasteiger partial charge in [-0.05, 0) is 48.9 Å². The lowest BCUT2D eigenvalue weighted by Gasteiger charge is -2.10. The zero-order valence-corrected chi connectivity index (χ0v) is 14.1. The van der Waals surface area contributed by atoms with Gasteiger partial charge in [0.25, 0.3) is 5.91 Å². The van der Waals surface area contributed by atoms with Crippen LogP contribution in [0.2, 0.25) is 5.02 Å². The Balaban J connectivity index is 1.72. The van der Waals surface area contributed by atoms with E-state index >= 15 is 0 Å². The van der Waals surface area contributed by atoms with Crippen LogP contribution in [0.4, 0.5) is 21.6 Å². The summed E-state index contributed by atoms with van der Waals surface area (Å²) in [6, 6.07) is 14.8. The Labute approximate surface area is 149 Å². The summed E-state index contributed by atoms with van der Waals surface area (Å²) in [7, 11) is 0. The number of aromatic nitrogens is 1. The number of rotatable bonds is 4. The zero-order valence-electron chi connectivity index (χ0n) is 13.4. The Morgan fingerprint density at radius 3 is 2.52 bits per heavy atom. The van der Waals surface area contributed by atoms with Crippen molar-refractivity contribution in [3.63, 3.8) is 0 Å². The minimum absolute atomic E-state index is 0.296. The lowest BCUT2D eigenvalue weighted by atomic mass is 10.2. The van der Waals surface area contributed by atoms with Crippen molar-refractivity contribution in [2.45, 2.75) is 6.92 Å². The third-order valence-electron chi connectivity index (χ3n) is 3.68. The van der Waals surface area contributed by atoms with E-state index in [0.29, 0.717) is 27.8 Å². The summed E-state index contributed by atoms with van der Waals surface area (Å²) in [4.78, 5) is 16.5. The van der Waals surface area contributed by atoms with Gasteiger partial charge in [-0.2, -0.15) is 0 Å². The molecule has 25 heavy (non-hydrogen) atoms. The van der Waals surface area contributed by atoms with E-state index in [1.165, 1.54) is 12.3 Å². The highest BCUT2D eigenvalue weighted by atomic mass is 35.5. The second-order valence-electron chi connectivity index (χ2n) is 5.40. The molecule has 0 saturated carbocycles. The lowest BCUT2D eigenvalue weighted by Crippen LogP contribution is -2.13. The molecule has 0 unspecified atom stereocenters. The molecule has 6 heteroatoms. The number of amides is 1. The van der Waals surface area contributed by atoms with Crippen LogP contribution in [0.25, 0.3) is 0 Å². The van der Waals surface area contributed by atoms with Gasteiger partial charge in [-0.15, -0.1) is 0 Å². The van der Waals surface area contributed by atoms with Gasteiger partial charge in [0.2, 0.25) is 0 Å². The van der Waals surface area contributed by atoms with Crippen LogP contribution in [-0.4, -0.2) is 10.9 Å². The van der Waals surface area contributed by atoms with E-state index in [4.69, 9.17) is 11.6 Å². The largest absolute Gasteiger partial charge is 0.338 e. The van der Waals surface area contributed by atoms with Gasteiger partial charge in [0.1, 0.15) is 11.6 Å². The number of nitrogens with one attached hydrogen (secondary N) is 2. The number of carbonyl (C=O) groups is 1. The third kappa shape index (κ3) is 3.95. The van der Waals surface area contributed by atoms with Crippen molar-refractivity contribution in [3.05, 3.63) is 82.8 Å². The first kappa shape index (κ1) is 16.9. The molecular formula is C19H15ClFN3O. The number of hydrogen-bond acceptors (Lipinski definition) is 3. The molecule has 1 aromatic heterocycles. The van der Waals surface area contributed by atoms with Crippen LogP contribution >= 0.6 is 11.6 Å². The maximum Gasteiger partial charge on any atom is 0.257 e. The maximum absolute atomic E-state index is 13.6. The molecule has 2 N–H and O–H groups in total. The van der Waals surface area contributed by atoms with Gasteiger partial charge in [-0.25, -0.2) is 9.37 Å². The second-order valence-corrected chi connectivity index (χ2v) is 5.81. The van der Waals surface area contributed by atoms with Crippen molar-refractivity contribution in [3.8, 4) is 0 Å². The van der Waals surface area contributed by atoms with Crippen LogP contribution in [0.5, 0.6) is 0 Å². The zero-order chi connectivity index (χ0) is 17.8. The maximum atomic E-state index is 13.6. The van der Waals surface area contributed by atoms with Gasteiger partial charge in [-0.1, -0.05) is 29.8 Å². The van der Waals surface area contributed by atoms with Crippen LogP contribution in [0.3, 0.4) is 0 Å². The van der Waals surface area contributed by atoms with Crippen LogP contribution in [-0.2, 0) is 0 Å². The van der Waals surface area contributed by atoms with E-state index in [0.717, 1.165) is 5.56 Å². The first-order valence-corrected chi connectivity index (χ1v) is 7.96. The Bertz CT molecular complexity index is 913. The van der Waals surface area contributed by atoms with Crippen molar-refractivity contribution >= 4 is 34.7 Å². The van der Waals surface area contributed by atoms with Crippen molar-refractivity contribution in [1.82, 2.24) is 4.98 Å². The average molecular weight is 356 g/mol. The summed E-state index contributed by atoms with van der Waals surface area (Å²) in [6.07, 6.45) is 1.43. The summed E-state index contributed by atoms with van der Waals surface area (Å²) in [6.45, 7) is 1.83. The molecule has 0 bridgehead atoms. The van der Waals surface area contributed by atoms with Gasteiger partial charge >= 0.3 is 0 Å². The molecule has 1 amide bonds. The summed E-state index contributed by atoms with van der Waals surface area (Å²) in [5, 5.41) is 6.25. The molecule has 0 spiro atoms. The van der Waals surface area contributed by atoms with Gasteiger partial charge in [0.05, 0.1) is 11.3 Å². The molecule has 2 aromatic carbocycles. The number of hydrogen-bond donors (Lipinski definition) is 2. The topological polar surface area (TPSA) is 54.0 Å². The predicted molar refractivity (Wildman–Crippen MR) is 98.1 cm³/mol. The smallest absolute Gasteiger partial charge is 0.257 e. The van der Waals surface area contributed by atoms with E-state index in [1.807, 2.05) is 6.92 Å². The van der Waals surface area contributed by atoms with Gasteiger partial charge in [-0.3, -0.25) is 4.79 Å². The second kappa shape index (κ2) is 7.32. The van der Waals surface area contributed by atoms with E-state index < -0.39 is 0 Å². The first-order chi connectivity index (χ1) is 12.0. The minimum Gasteiger partial charge on any atom is -0.338 e. The highest BCUT2D eigenvalue weighted by molar-refractivity contribution is 6.31. The van der Waals surface area contributed by atoms with Gasteiger partial charge < -0.3 is 10.6 Å². The van der Waals surface area contributed by atoms with E-state index in [-0.39, 0.29) is 11.7 Å². The quantitative estimate of drug-likeness (QED) is 0.678. The molecule has 4 nitrogen and oxygen atoms in total. The normalized spacial score (nSPS) is 10.4. The third-order valence-corrected chi connectivity index (χ3v) is 4.09. The highest BCUT2D eigenvalue weighted by Gasteiger charge is 2.10. The Morgan fingerprint density at radius 1 is 1.04 bits per heavy atom. The van der Waals surface area contributed by atoms with E-state index in [1.54, 1.807) is 48.5 Å². The molecule has 0 atom stereocenters. The first-order valence-electron chi connectivity index (χ1n) is 7.58. The van der Waals surface area contributed by atoms with Crippen LogP contribution < -0.4 is 10.6 Å². The fourth-order valence-electron chi connectivity index (χ4n) is 2.24. The van der Waals surface area contributed by atoms with Crippen LogP contribution in [0, 0.1) is 12.7 Å². The fraction of sp³-hybridized carbons (Fsp3) is 0.0526. The summed E-state index contributed by atoms with van der Waals surface area (Å²) in [5.74, 6) is -0.224. The van der Waals surface area contributed by atoms with Gasteiger partial charge in [0.15, 0.2) is 0 Å². The molecule has 0 radical (unpaired) electrons. The standard InChI is InChI=1S/C19H15ClFN3O/c1-12-14(20)5-4-8-16(12)24-19(25)13-9-10-18(22-11-13)23-17-7-3-2-6-15(17)21/h2-11H,1H3,(H,22,23)(H,24,25). The predicted octanol–water partition coefficient (Wildman–Crippen LogP) is 5.18. The molecule has 3 aromatic rings. The Hall–Kier alpha value is -2.92. The fourth-order valence-corrected chi connectivity index (χ4v) is 2.41. The number of para-hydroxylation sites is 1. The number of halogens is 2. The molecule has 0 saturated heterocycles. The number of benzene rings is 2. The SMILES string of the molecule is Cc1c(Cl)cccc1NC(=O)c1ccc(Nc2ccccc2F)nc1. The molecule has 0 fully saturated rings. The van der Waals surface area contributed by atoms with Crippen molar-refractivity contribution in [2.24, 2.45) is 0 Å². The van der Waals surface area contributed by atoms with E-state index in [2.05, 4.69) is 15.6 Å². The summed E-state index contributed by atoms with van der Waals surface area (Å²) >= 11 is 6.05. The van der Waals surface area contributed by atoms with Crippen LogP contribution in [0.15, 0.2) is 60.8 Å². The van der Waals surface area contributed by atoms with Crippen molar-refractivity contribution in [1.29, 1.82) is 0 Å². The van der Waals surface area contributed by atoms with E-state index in [9.17, 15) is 9.18 Å². The number of anilines is 3. The molecule has 0 aliphatic heterocycles. The van der Waals surface area contributed by atoms with Crippen LogP contribution in [0.1, 0.15) is 15.9 Å². The number of pyridine rings is 1. The van der Waals surface area contributed by atoms with Crippen molar-refractivity contribution < 1.29 is 9.18 Å². The van der Waals surface area contributed by atoms with Gasteiger partial charge in [0, 0.05) is 16.9 Å². The summed E-state index contributed by atoms with van der Waals surface area (Å²) in [5.41, 5.74) is 2.15. The molecule has 3 rings (SSSR count). The Morgan fingerprint density at radius 2 is 1.80 bits per heavy atom. The minimum atomic E-state index is -0.373. The lowest BCUT2D eigenvalue weighted by molar-refractivity contribution is 0.102. The summed E-state index contributed by atoms with van der Waals surface area (Å²) < 4.78 is 13.6. The number of carbonyl (C=O) groups excluding carboxylic acids is 1. The van der Waals surface area contributed by atoms with Crippen molar-refractivity contribution in [2.75, 3.05) is 10.6 Å². The highest BCUT2D eigenvalue weighted by Crippen LogP contribution is 2.23. The monoisotopic (exact) mass is 355 g/mol.